The molecular formula is C23H25N3O2. The number of aromatic amines is 1. The topological polar surface area (TPSA) is 74.8 Å². The zero-order chi connectivity index (χ0) is 19.3. The fraction of sp³-hybridized carbons (Fsp3) is 0.348. The second-order valence-electron chi connectivity index (χ2n) is 7.56. The minimum atomic E-state index is -0.0421. The van der Waals surface area contributed by atoms with E-state index in [0.717, 1.165) is 42.5 Å². The van der Waals surface area contributed by atoms with Gasteiger partial charge in [0.1, 0.15) is 5.82 Å². The molecule has 1 amide bonds. The van der Waals surface area contributed by atoms with Gasteiger partial charge in [0.2, 0.25) is 5.91 Å². The highest BCUT2D eigenvalue weighted by Gasteiger charge is 2.26. The largest absolute Gasteiger partial charge is 0.353 e. The number of fused-ring (bicyclic) bond motifs is 1. The number of para-hydroxylation sites is 2. The van der Waals surface area contributed by atoms with Gasteiger partial charge in [-0.3, -0.25) is 9.59 Å². The molecular weight excluding hydrogens is 350 g/mol. The minimum absolute atomic E-state index is 0.0135. The number of benzene rings is 2. The Hall–Kier alpha value is -2.95. The summed E-state index contributed by atoms with van der Waals surface area (Å²) in [7, 11) is 0. The number of carbonyl (C=O) groups excluding carboxylic acids is 2. The molecule has 0 spiro atoms. The van der Waals surface area contributed by atoms with E-state index in [1.165, 1.54) is 0 Å². The number of Topliss-reactive ketones (excluding diaryl/α,β-unsaturated/α-hetero) is 1. The summed E-state index contributed by atoms with van der Waals surface area (Å²) in [5.74, 6) is 1.32. The summed E-state index contributed by atoms with van der Waals surface area (Å²) in [6.07, 6.45) is 4.50. The van der Waals surface area contributed by atoms with Gasteiger partial charge in [0.05, 0.1) is 11.0 Å². The van der Waals surface area contributed by atoms with Crippen LogP contribution in [-0.2, 0) is 4.79 Å². The van der Waals surface area contributed by atoms with Crippen LogP contribution in [0.1, 0.15) is 60.6 Å². The van der Waals surface area contributed by atoms with E-state index in [4.69, 9.17) is 4.98 Å². The first-order valence-corrected chi connectivity index (χ1v) is 10.0. The molecule has 0 radical (unpaired) electrons. The van der Waals surface area contributed by atoms with Crippen molar-refractivity contribution in [3.05, 3.63) is 66.0 Å². The lowest BCUT2D eigenvalue weighted by Gasteiger charge is -2.28. The molecule has 5 heteroatoms. The SMILES string of the molecule is O=C(CCC(=O)c1ccccc1)NC1CCCC(c2nc3ccccc3[nH]2)C1. The highest BCUT2D eigenvalue weighted by Crippen LogP contribution is 2.32. The van der Waals surface area contributed by atoms with Gasteiger partial charge < -0.3 is 10.3 Å². The van der Waals surface area contributed by atoms with Crippen molar-refractivity contribution in [3.63, 3.8) is 0 Å². The first-order chi connectivity index (χ1) is 13.7. The second kappa shape index (κ2) is 8.38. The Balaban J connectivity index is 1.31. The van der Waals surface area contributed by atoms with Crippen LogP contribution in [-0.4, -0.2) is 27.7 Å². The Kier molecular flexibility index (Phi) is 5.51. The molecule has 28 heavy (non-hydrogen) atoms. The number of hydrogen-bond acceptors (Lipinski definition) is 3. The first kappa shape index (κ1) is 18.4. The first-order valence-electron chi connectivity index (χ1n) is 10.0. The van der Waals surface area contributed by atoms with Crippen molar-refractivity contribution in [3.8, 4) is 0 Å². The molecule has 0 saturated heterocycles. The van der Waals surface area contributed by atoms with Crippen LogP contribution in [0.25, 0.3) is 11.0 Å². The molecule has 2 atom stereocenters. The van der Waals surface area contributed by atoms with E-state index in [0.29, 0.717) is 11.5 Å². The molecule has 1 aliphatic rings. The van der Waals surface area contributed by atoms with Crippen LogP contribution in [0.4, 0.5) is 0 Å². The van der Waals surface area contributed by atoms with E-state index in [1.54, 1.807) is 12.1 Å². The average molecular weight is 375 g/mol. The fourth-order valence-corrected chi connectivity index (χ4v) is 4.03. The van der Waals surface area contributed by atoms with Gasteiger partial charge in [0, 0.05) is 30.4 Å². The number of rotatable bonds is 6. The van der Waals surface area contributed by atoms with Gasteiger partial charge in [-0.1, -0.05) is 48.9 Å². The minimum Gasteiger partial charge on any atom is -0.353 e. The molecule has 0 aliphatic heterocycles. The number of ketones is 1. The van der Waals surface area contributed by atoms with Crippen molar-refractivity contribution in [2.24, 2.45) is 0 Å². The van der Waals surface area contributed by atoms with E-state index in [9.17, 15) is 9.59 Å². The van der Waals surface area contributed by atoms with Crippen molar-refractivity contribution in [1.29, 1.82) is 0 Å². The third-order valence-electron chi connectivity index (χ3n) is 5.51. The molecule has 1 aromatic heterocycles. The molecule has 2 unspecified atom stereocenters. The summed E-state index contributed by atoms with van der Waals surface area (Å²) >= 11 is 0. The summed E-state index contributed by atoms with van der Waals surface area (Å²) < 4.78 is 0. The van der Waals surface area contributed by atoms with Gasteiger partial charge in [-0.25, -0.2) is 4.98 Å². The van der Waals surface area contributed by atoms with Crippen LogP contribution < -0.4 is 5.32 Å². The number of H-pyrrole nitrogens is 1. The van der Waals surface area contributed by atoms with E-state index in [2.05, 4.69) is 10.3 Å². The number of hydrogen-bond donors (Lipinski definition) is 2. The highest BCUT2D eigenvalue weighted by atomic mass is 16.2. The van der Waals surface area contributed by atoms with Gasteiger partial charge in [0.15, 0.2) is 5.78 Å². The summed E-state index contributed by atoms with van der Waals surface area (Å²) in [5, 5.41) is 3.13. The van der Waals surface area contributed by atoms with Crippen LogP contribution in [0.3, 0.4) is 0 Å². The Bertz CT molecular complexity index is 931. The molecule has 0 bridgehead atoms. The number of nitrogens with one attached hydrogen (secondary N) is 2. The number of carbonyl (C=O) groups is 2. The molecule has 2 aromatic carbocycles. The maximum absolute atomic E-state index is 12.3. The predicted octanol–water partition coefficient (Wildman–Crippen LogP) is 4.37. The Morgan fingerprint density at radius 2 is 1.79 bits per heavy atom. The standard InChI is InChI=1S/C23H25N3O2/c27-21(16-7-2-1-3-8-16)13-14-22(28)24-18-10-6-9-17(15-18)23-25-19-11-4-5-12-20(19)26-23/h1-5,7-8,11-12,17-18H,6,9-10,13-15H2,(H,24,28)(H,25,26). The van der Waals surface area contributed by atoms with Gasteiger partial charge >= 0.3 is 0 Å². The molecule has 1 heterocycles. The third kappa shape index (κ3) is 4.30. The van der Waals surface area contributed by atoms with E-state index in [-0.39, 0.29) is 30.6 Å². The molecule has 1 saturated carbocycles. The summed E-state index contributed by atoms with van der Waals surface area (Å²) in [6.45, 7) is 0. The van der Waals surface area contributed by atoms with Crippen molar-refractivity contribution < 1.29 is 9.59 Å². The van der Waals surface area contributed by atoms with Crippen molar-refractivity contribution in [1.82, 2.24) is 15.3 Å². The van der Waals surface area contributed by atoms with Crippen molar-refractivity contribution in [2.75, 3.05) is 0 Å². The number of imidazole rings is 1. The monoisotopic (exact) mass is 375 g/mol. The molecule has 144 valence electrons. The summed E-state index contributed by atoms with van der Waals surface area (Å²) in [5.41, 5.74) is 2.71. The molecule has 5 nitrogen and oxygen atoms in total. The highest BCUT2D eigenvalue weighted by molar-refractivity contribution is 5.97. The van der Waals surface area contributed by atoms with E-state index in [1.807, 2.05) is 42.5 Å². The second-order valence-corrected chi connectivity index (χ2v) is 7.56. The summed E-state index contributed by atoms with van der Waals surface area (Å²) in [6, 6.07) is 17.3. The van der Waals surface area contributed by atoms with Gasteiger partial charge in [0.25, 0.3) is 0 Å². The molecule has 2 N–H and O–H groups in total. The van der Waals surface area contributed by atoms with Crippen LogP contribution in [0.5, 0.6) is 0 Å². The van der Waals surface area contributed by atoms with Crippen molar-refractivity contribution >= 4 is 22.7 Å². The van der Waals surface area contributed by atoms with E-state index < -0.39 is 0 Å². The third-order valence-corrected chi connectivity index (χ3v) is 5.51. The van der Waals surface area contributed by atoms with Crippen LogP contribution >= 0.6 is 0 Å². The van der Waals surface area contributed by atoms with Gasteiger partial charge in [-0.2, -0.15) is 0 Å². The normalized spacial score (nSPS) is 19.4. The smallest absolute Gasteiger partial charge is 0.220 e. The average Bonchev–Trinajstić information content (AvgIpc) is 3.17. The fourth-order valence-electron chi connectivity index (χ4n) is 4.03. The zero-order valence-electron chi connectivity index (χ0n) is 15.9. The Morgan fingerprint density at radius 1 is 1.00 bits per heavy atom. The summed E-state index contributed by atoms with van der Waals surface area (Å²) in [4.78, 5) is 32.7. The maximum Gasteiger partial charge on any atom is 0.220 e. The lowest BCUT2D eigenvalue weighted by molar-refractivity contribution is -0.122. The molecule has 4 rings (SSSR count). The van der Waals surface area contributed by atoms with Crippen LogP contribution in [0, 0.1) is 0 Å². The van der Waals surface area contributed by atoms with E-state index >= 15 is 0 Å². The molecule has 1 fully saturated rings. The van der Waals surface area contributed by atoms with Crippen molar-refractivity contribution in [2.45, 2.75) is 50.5 Å². The molecule has 3 aromatic rings. The zero-order valence-corrected chi connectivity index (χ0v) is 15.9. The van der Waals surface area contributed by atoms with Gasteiger partial charge in [-0.05, 0) is 31.4 Å². The lowest BCUT2D eigenvalue weighted by Crippen LogP contribution is -2.38. The molecule has 1 aliphatic carbocycles. The predicted molar refractivity (Wildman–Crippen MR) is 109 cm³/mol. The number of nitrogens with zero attached hydrogens (tertiary/aromatic N) is 1. The quantitative estimate of drug-likeness (QED) is 0.628. The Morgan fingerprint density at radius 3 is 2.61 bits per heavy atom. The van der Waals surface area contributed by atoms with Crippen LogP contribution in [0.2, 0.25) is 0 Å². The number of amides is 1. The number of aromatic nitrogens is 2. The maximum atomic E-state index is 12.3. The van der Waals surface area contributed by atoms with Gasteiger partial charge in [-0.15, -0.1) is 0 Å². The Labute approximate surface area is 164 Å². The van der Waals surface area contributed by atoms with Crippen LogP contribution in [0.15, 0.2) is 54.6 Å². The lowest BCUT2D eigenvalue weighted by atomic mass is 9.85.